The van der Waals surface area contributed by atoms with E-state index in [4.69, 9.17) is 28.9 Å². The van der Waals surface area contributed by atoms with Gasteiger partial charge in [0.1, 0.15) is 18.8 Å². The van der Waals surface area contributed by atoms with Gasteiger partial charge in [0.25, 0.3) is 0 Å². The number of nitrogens with zero attached hydrogens (tertiary/aromatic N) is 1. The number of nitriles is 1. The van der Waals surface area contributed by atoms with Gasteiger partial charge in [0.15, 0.2) is 18.3 Å². The summed E-state index contributed by atoms with van der Waals surface area (Å²) in [7, 11) is 0. The van der Waals surface area contributed by atoms with Gasteiger partial charge in [-0.3, -0.25) is 19.2 Å². The monoisotopic (exact) mass is 619 g/mol. The molecule has 0 spiro atoms. The highest BCUT2D eigenvalue weighted by atomic mass is 32.1. The molecular formula is C33H33NO9S. The SMILES string of the molecule is CC(=O)OC[C@H]1O[C@@H](c2ccc(C)c(Cc3ccc(-c4ccc(C#N)cc4)s3)c2)[C@H](OC(C)=O)[C@@H](OC(C)=O)[C@@H]1OC(C)=O. The molecule has 5 atom stereocenters. The van der Waals surface area contributed by atoms with Crippen LogP contribution in [0.25, 0.3) is 10.4 Å². The Morgan fingerprint density at radius 1 is 0.818 bits per heavy atom. The van der Waals surface area contributed by atoms with Crippen molar-refractivity contribution in [1.29, 1.82) is 5.26 Å². The lowest BCUT2D eigenvalue weighted by molar-refractivity contribution is -0.254. The Balaban J connectivity index is 1.69. The van der Waals surface area contributed by atoms with Crippen LogP contribution in [0, 0.1) is 18.3 Å². The molecule has 2 aromatic carbocycles. The van der Waals surface area contributed by atoms with Crippen molar-refractivity contribution in [3.8, 4) is 16.5 Å². The highest BCUT2D eigenvalue weighted by molar-refractivity contribution is 7.15. The molecule has 0 saturated carbocycles. The van der Waals surface area contributed by atoms with Crippen molar-refractivity contribution in [2.24, 2.45) is 0 Å². The molecule has 3 aromatic rings. The van der Waals surface area contributed by atoms with Gasteiger partial charge in [0, 0.05) is 43.9 Å². The van der Waals surface area contributed by atoms with Crippen molar-refractivity contribution < 1.29 is 42.9 Å². The van der Waals surface area contributed by atoms with Crippen LogP contribution in [-0.2, 0) is 49.3 Å². The fraction of sp³-hybridized carbons (Fsp3) is 0.364. The summed E-state index contributed by atoms with van der Waals surface area (Å²) in [5, 5.41) is 9.09. The molecule has 1 aliphatic rings. The van der Waals surface area contributed by atoms with Crippen LogP contribution in [0.5, 0.6) is 0 Å². The van der Waals surface area contributed by atoms with Crippen molar-refractivity contribution >= 4 is 35.2 Å². The van der Waals surface area contributed by atoms with E-state index in [1.165, 1.54) is 27.7 Å². The molecule has 10 nitrogen and oxygen atoms in total. The summed E-state index contributed by atoms with van der Waals surface area (Å²) in [5.74, 6) is -2.59. The molecule has 0 unspecified atom stereocenters. The number of carbonyl (C=O) groups is 4. The van der Waals surface area contributed by atoms with E-state index in [-0.39, 0.29) is 6.61 Å². The van der Waals surface area contributed by atoms with Crippen molar-refractivity contribution in [1.82, 2.24) is 0 Å². The van der Waals surface area contributed by atoms with Crippen LogP contribution in [0.1, 0.15) is 60.9 Å². The minimum Gasteiger partial charge on any atom is -0.463 e. The average molecular weight is 620 g/mol. The van der Waals surface area contributed by atoms with Gasteiger partial charge in [-0.25, -0.2) is 0 Å². The summed E-state index contributed by atoms with van der Waals surface area (Å²) in [6.07, 6.45) is -5.00. The number of hydrogen-bond donors (Lipinski definition) is 0. The number of carbonyl (C=O) groups excluding carboxylic acids is 4. The van der Waals surface area contributed by atoms with E-state index >= 15 is 0 Å². The first kappa shape index (κ1) is 32.4. The first-order valence-electron chi connectivity index (χ1n) is 13.9. The van der Waals surface area contributed by atoms with Crippen LogP contribution in [-0.4, -0.2) is 54.9 Å². The summed E-state index contributed by atoms with van der Waals surface area (Å²) in [6, 6.07) is 19.3. The molecule has 0 bridgehead atoms. The van der Waals surface area contributed by atoms with Crippen LogP contribution in [0.2, 0.25) is 0 Å². The molecule has 0 N–H and O–H groups in total. The largest absolute Gasteiger partial charge is 0.463 e. The van der Waals surface area contributed by atoms with Gasteiger partial charge in [-0.05, 0) is 53.4 Å². The Kier molecular flexibility index (Phi) is 10.5. The number of benzene rings is 2. The molecule has 11 heteroatoms. The average Bonchev–Trinajstić information content (AvgIpc) is 3.43. The number of rotatable bonds is 9. The fourth-order valence-corrected chi connectivity index (χ4v) is 6.12. The maximum absolute atomic E-state index is 12.3. The maximum atomic E-state index is 12.3. The Bertz CT molecular complexity index is 1570. The number of hydrogen-bond acceptors (Lipinski definition) is 11. The number of ether oxygens (including phenoxy) is 5. The summed E-state index contributed by atoms with van der Waals surface area (Å²) >= 11 is 1.64. The summed E-state index contributed by atoms with van der Waals surface area (Å²) in [4.78, 5) is 50.3. The molecule has 1 aromatic heterocycles. The van der Waals surface area contributed by atoms with Crippen molar-refractivity contribution in [3.05, 3.63) is 81.7 Å². The minimum absolute atomic E-state index is 0.291. The maximum Gasteiger partial charge on any atom is 0.303 e. The number of thiophene rings is 1. The van der Waals surface area contributed by atoms with Crippen molar-refractivity contribution in [2.75, 3.05) is 6.61 Å². The molecule has 4 rings (SSSR count). The van der Waals surface area contributed by atoms with Gasteiger partial charge in [-0.2, -0.15) is 5.26 Å². The topological polar surface area (TPSA) is 138 Å². The molecule has 44 heavy (non-hydrogen) atoms. The summed E-state index contributed by atoms with van der Waals surface area (Å²) in [5.41, 5.74) is 4.26. The van der Waals surface area contributed by atoms with Gasteiger partial charge in [-0.15, -0.1) is 11.3 Å². The first-order valence-corrected chi connectivity index (χ1v) is 14.8. The summed E-state index contributed by atoms with van der Waals surface area (Å²) < 4.78 is 28.3. The molecule has 1 saturated heterocycles. The zero-order valence-corrected chi connectivity index (χ0v) is 25.8. The third kappa shape index (κ3) is 8.09. The van der Waals surface area contributed by atoms with Gasteiger partial charge in [-0.1, -0.05) is 30.3 Å². The smallest absolute Gasteiger partial charge is 0.303 e. The van der Waals surface area contributed by atoms with E-state index in [0.717, 1.165) is 26.4 Å². The molecular weight excluding hydrogens is 586 g/mol. The van der Waals surface area contributed by atoms with Crippen LogP contribution in [0.3, 0.4) is 0 Å². The molecule has 2 heterocycles. The fourth-order valence-electron chi connectivity index (χ4n) is 5.08. The second kappa shape index (κ2) is 14.3. The molecule has 230 valence electrons. The van der Waals surface area contributed by atoms with E-state index in [9.17, 15) is 19.2 Å². The Labute approximate surface area is 259 Å². The Hall–Kier alpha value is -4.53. The third-order valence-electron chi connectivity index (χ3n) is 7.02. The van der Waals surface area contributed by atoms with Crippen molar-refractivity contribution in [3.63, 3.8) is 0 Å². The normalized spacial score (nSPS) is 21.0. The molecule has 1 fully saturated rings. The lowest BCUT2D eigenvalue weighted by Gasteiger charge is -2.44. The van der Waals surface area contributed by atoms with Crippen LogP contribution in [0.4, 0.5) is 0 Å². The Morgan fingerprint density at radius 3 is 2.07 bits per heavy atom. The van der Waals surface area contributed by atoms with Gasteiger partial charge in [0.05, 0.1) is 11.6 Å². The standard InChI is InChI=1S/C33H33NO9S/c1-18-6-9-25(14-26(18)15-27-12-13-29(44-27)24-10-7-23(16-34)8-11-24)30-32(41-21(4)37)33(42-22(5)38)31(40-20(3)36)28(43-30)17-39-19(2)35/h6-14,28,30-33H,15,17H2,1-5H3/t28-,30+,31-,32+,33+/m1/s1. The molecule has 0 aliphatic carbocycles. The molecule has 1 aliphatic heterocycles. The van der Waals surface area contributed by atoms with Crippen LogP contribution in [0.15, 0.2) is 54.6 Å². The van der Waals surface area contributed by atoms with Gasteiger partial charge < -0.3 is 23.7 Å². The van der Waals surface area contributed by atoms with Gasteiger partial charge >= 0.3 is 23.9 Å². The van der Waals surface area contributed by atoms with E-state index < -0.39 is 54.4 Å². The number of esters is 4. The van der Waals surface area contributed by atoms with Crippen LogP contribution < -0.4 is 0 Å². The molecule has 0 radical (unpaired) electrons. The van der Waals surface area contributed by atoms with E-state index in [0.29, 0.717) is 17.5 Å². The van der Waals surface area contributed by atoms with Gasteiger partial charge in [0.2, 0.25) is 0 Å². The highest BCUT2D eigenvalue weighted by Crippen LogP contribution is 2.39. The van der Waals surface area contributed by atoms with Crippen molar-refractivity contribution in [2.45, 2.75) is 71.6 Å². The zero-order valence-electron chi connectivity index (χ0n) is 25.0. The van der Waals surface area contributed by atoms with E-state index in [2.05, 4.69) is 12.1 Å². The molecule has 0 amide bonds. The third-order valence-corrected chi connectivity index (χ3v) is 8.15. The lowest BCUT2D eigenvalue weighted by atomic mass is 9.88. The van der Waals surface area contributed by atoms with Crippen LogP contribution >= 0.6 is 11.3 Å². The predicted octanol–water partition coefficient (Wildman–Crippen LogP) is 4.98. The second-order valence-corrected chi connectivity index (χ2v) is 11.6. The number of aryl methyl sites for hydroxylation is 1. The first-order chi connectivity index (χ1) is 20.9. The van der Waals surface area contributed by atoms with E-state index in [1.54, 1.807) is 23.5 Å². The summed E-state index contributed by atoms with van der Waals surface area (Å²) in [6.45, 7) is 6.52. The minimum atomic E-state index is -1.24. The lowest BCUT2D eigenvalue weighted by Crippen LogP contribution is -2.59. The predicted molar refractivity (Wildman–Crippen MR) is 159 cm³/mol. The second-order valence-electron chi connectivity index (χ2n) is 10.4. The van der Waals surface area contributed by atoms with E-state index in [1.807, 2.05) is 43.3 Å². The zero-order chi connectivity index (χ0) is 32.0. The highest BCUT2D eigenvalue weighted by Gasteiger charge is 2.52. The Morgan fingerprint density at radius 2 is 1.45 bits per heavy atom. The quantitative estimate of drug-likeness (QED) is 0.238.